The van der Waals surface area contributed by atoms with Crippen LogP contribution in [0.4, 0.5) is 5.13 Å². The van der Waals surface area contributed by atoms with Gasteiger partial charge in [-0.2, -0.15) is 0 Å². The summed E-state index contributed by atoms with van der Waals surface area (Å²) in [6.07, 6.45) is 0. The van der Waals surface area contributed by atoms with Crippen LogP contribution in [0.1, 0.15) is 22.9 Å². The number of nitrogens with one attached hydrogen (secondary N) is 1. The van der Waals surface area contributed by atoms with Gasteiger partial charge in [-0.25, -0.2) is 4.98 Å². The van der Waals surface area contributed by atoms with Crippen LogP contribution in [-0.4, -0.2) is 17.2 Å². The summed E-state index contributed by atoms with van der Waals surface area (Å²) < 4.78 is 5.29. The maximum atomic E-state index is 10.7. The van der Waals surface area contributed by atoms with Crippen LogP contribution in [-0.2, 0) is 0 Å². The molecule has 1 heterocycles. The molecule has 0 aliphatic rings. The summed E-state index contributed by atoms with van der Waals surface area (Å²) in [6.45, 7) is 1.97. The number of anilines is 1. The second-order valence-corrected chi connectivity index (χ2v) is 7.22. The molecule has 5 heteroatoms. The quantitative estimate of drug-likeness (QED) is 0.481. The van der Waals surface area contributed by atoms with Crippen LogP contribution in [0.25, 0.3) is 10.8 Å². The topological polar surface area (TPSA) is 54.4 Å². The molecule has 0 fully saturated rings. The van der Waals surface area contributed by atoms with Gasteiger partial charge in [0.2, 0.25) is 0 Å². The number of fused-ring (bicyclic) bond motifs is 1. The third kappa shape index (κ3) is 3.46. The van der Waals surface area contributed by atoms with Crippen LogP contribution in [0.2, 0.25) is 0 Å². The Bertz CT molecular complexity index is 1070. The van der Waals surface area contributed by atoms with Crippen molar-refractivity contribution in [3.8, 4) is 11.5 Å². The normalized spacial score (nSPS) is 12.1. The summed E-state index contributed by atoms with van der Waals surface area (Å²) in [5.74, 6) is 1.06. The SMILES string of the molecule is COc1ccc(C(Nc2nc(C)cs2)c2c(O)ccc3ccccc23)cc1. The highest BCUT2D eigenvalue weighted by Gasteiger charge is 2.21. The molecule has 1 atom stereocenters. The number of hydrogen-bond acceptors (Lipinski definition) is 5. The van der Waals surface area contributed by atoms with E-state index in [1.807, 2.05) is 60.8 Å². The number of phenolic OH excluding ortho intramolecular Hbond substituents is 1. The smallest absolute Gasteiger partial charge is 0.183 e. The number of aryl methyl sites for hydroxylation is 1. The Balaban J connectivity index is 1.88. The van der Waals surface area contributed by atoms with E-state index in [-0.39, 0.29) is 11.8 Å². The third-order valence-electron chi connectivity index (χ3n) is 4.57. The lowest BCUT2D eigenvalue weighted by molar-refractivity contribution is 0.414. The highest BCUT2D eigenvalue weighted by atomic mass is 32.1. The van der Waals surface area contributed by atoms with Gasteiger partial charge in [0.15, 0.2) is 5.13 Å². The molecule has 0 radical (unpaired) electrons. The van der Waals surface area contributed by atoms with Crippen LogP contribution in [0, 0.1) is 6.92 Å². The van der Waals surface area contributed by atoms with E-state index < -0.39 is 0 Å². The Morgan fingerprint density at radius 1 is 1.04 bits per heavy atom. The predicted molar refractivity (Wildman–Crippen MR) is 111 cm³/mol. The maximum absolute atomic E-state index is 10.7. The summed E-state index contributed by atoms with van der Waals surface area (Å²) in [5.41, 5.74) is 2.83. The zero-order chi connectivity index (χ0) is 18.8. The minimum Gasteiger partial charge on any atom is -0.508 e. The maximum Gasteiger partial charge on any atom is 0.183 e. The van der Waals surface area contributed by atoms with Gasteiger partial charge in [-0.3, -0.25) is 0 Å². The second-order valence-electron chi connectivity index (χ2n) is 6.36. The van der Waals surface area contributed by atoms with E-state index in [0.29, 0.717) is 0 Å². The zero-order valence-corrected chi connectivity index (χ0v) is 16.0. The number of aromatic nitrogens is 1. The van der Waals surface area contributed by atoms with Crippen LogP contribution >= 0.6 is 11.3 Å². The van der Waals surface area contributed by atoms with E-state index in [1.54, 1.807) is 24.5 Å². The van der Waals surface area contributed by atoms with E-state index in [0.717, 1.165) is 38.5 Å². The molecule has 1 unspecified atom stereocenters. The van der Waals surface area contributed by atoms with Crippen molar-refractivity contribution in [1.82, 2.24) is 4.98 Å². The van der Waals surface area contributed by atoms with Gasteiger partial charge in [0.25, 0.3) is 0 Å². The first-order valence-corrected chi connectivity index (χ1v) is 9.57. The van der Waals surface area contributed by atoms with Crippen LogP contribution in [0.3, 0.4) is 0 Å². The lowest BCUT2D eigenvalue weighted by Gasteiger charge is -2.22. The van der Waals surface area contributed by atoms with Gasteiger partial charge in [-0.15, -0.1) is 11.3 Å². The molecule has 0 amide bonds. The number of phenols is 1. The molecular weight excluding hydrogens is 356 g/mol. The van der Waals surface area contributed by atoms with Gasteiger partial charge < -0.3 is 15.2 Å². The fourth-order valence-electron chi connectivity index (χ4n) is 3.25. The van der Waals surface area contributed by atoms with Crippen molar-refractivity contribution in [2.24, 2.45) is 0 Å². The first-order chi connectivity index (χ1) is 13.2. The molecule has 4 nitrogen and oxygen atoms in total. The number of thiazole rings is 1. The summed E-state index contributed by atoms with van der Waals surface area (Å²) in [4.78, 5) is 4.55. The highest BCUT2D eigenvalue weighted by Crippen LogP contribution is 2.38. The third-order valence-corrected chi connectivity index (χ3v) is 5.46. The molecule has 136 valence electrons. The Morgan fingerprint density at radius 3 is 2.52 bits per heavy atom. The number of methoxy groups -OCH3 is 1. The zero-order valence-electron chi connectivity index (χ0n) is 15.1. The number of hydrogen-bond donors (Lipinski definition) is 2. The number of benzene rings is 3. The molecule has 0 saturated heterocycles. The molecule has 0 aliphatic heterocycles. The van der Waals surface area contributed by atoms with Crippen molar-refractivity contribution in [2.45, 2.75) is 13.0 Å². The highest BCUT2D eigenvalue weighted by molar-refractivity contribution is 7.13. The number of ether oxygens (including phenoxy) is 1. The van der Waals surface area contributed by atoms with Crippen molar-refractivity contribution >= 4 is 27.2 Å². The number of rotatable bonds is 5. The molecule has 0 aliphatic carbocycles. The first-order valence-electron chi connectivity index (χ1n) is 8.69. The number of aromatic hydroxyl groups is 1. The molecular formula is C22H20N2O2S. The molecule has 0 saturated carbocycles. The van der Waals surface area contributed by atoms with Crippen molar-refractivity contribution < 1.29 is 9.84 Å². The molecule has 27 heavy (non-hydrogen) atoms. The van der Waals surface area contributed by atoms with E-state index >= 15 is 0 Å². The van der Waals surface area contributed by atoms with Crippen LogP contribution in [0.5, 0.6) is 11.5 Å². The molecule has 3 aromatic carbocycles. The van der Waals surface area contributed by atoms with Crippen molar-refractivity contribution in [3.05, 3.63) is 82.9 Å². The molecule has 0 bridgehead atoms. The van der Waals surface area contributed by atoms with Gasteiger partial charge in [0, 0.05) is 10.9 Å². The van der Waals surface area contributed by atoms with Gasteiger partial charge >= 0.3 is 0 Å². The average molecular weight is 376 g/mol. The van der Waals surface area contributed by atoms with E-state index in [4.69, 9.17) is 4.74 Å². The van der Waals surface area contributed by atoms with Gasteiger partial charge in [-0.1, -0.05) is 42.5 Å². The van der Waals surface area contributed by atoms with Crippen LogP contribution in [0.15, 0.2) is 66.0 Å². The van der Waals surface area contributed by atoms with Crippen LogP contribution < -0.4 is 10.1 Å². The Labute approximate surface area is 162 Å². The van der Waals surface area contributed by atoms with E-state index in [9.17, 15) is 5.11 Å². The predicted octanol–water partition coefficient (Wildman–Crippen LogP) is 5.52. The average Bonchev–Trinajstić information content (AvgIpc) is 3.11. The van der Waals surface area contributed by atoms with Gasteiger partial charge in [-0.05, 0) is 41.5 Å². The summed E-state index contributed by atoms with van der Waals surface area (Å²) in [7, 11) is 1.65. The van der Waals surface area contributed by atoms with E-state index in [1.165, 1.54) is 0 Å². The molecule has 4 aromatic rings. The summed E-state index contributed by atoms with van der Waals surface area (Å²) in [5, 5.41) is 19.2. The molecule has 2 N–H and O–H groups in total. The van der Waals surface area contributed by atoms with Gasteiger partial charge in [0.1, 0.15) is 11.5 Å². The summed E-state index contributed by atoms with van der Waals surface area (Å²) in [6, 6.07) is 19.4. The standard InChI is InChI=1S/C22H20N2O2S/c1-14-13-27-22(23-14)24-21(16-7-10-17(26-2)11-8-16)20-18-6-4-3-5-15(18)9-12-19(20)25/h3-13,21,25H,1-2H3,(H,23,24). The fourth-order valence-corrected chi connectivity index (χ4v) is 3.97. The molecule has 1 aromatic heterocycles. The van der Waals surface area contributed by atoms with E-state index in [2.05, 4.69) is 16.4 Å². The molecule has 4 rings (SSSR count). The van der Waals surface area contributed by atoms with Gasteiger partial charge in [0.05, 0.1) is 18.8 Å². The first kappa shape index (κ1) is 17.4. The molecule has 0 spiro atoms. The Hall–Kier alpha value is -3.05. The minimum absolute atomic E-state index is 0.243. The lowest BCUT2D eigenvalue weighted by Crippen LogP contribution is -2.13. The Morgan fingerprint density at radius 2 is 1.81 bits per heavy atom. The summed E-state index contributed by atoms with van der Waals surface area (Å²) >= 11 is 1.56. The van der Waals surface area contributed by atoms with Crippen molar-refractivity contribution in [1.29, 1.82) is 0 Å². The number of nitrogens with zero attached hydrogens (tertiary/aromatic N) is 1. The monoisotopic (exact) mass is 376 g/mol. The second kappa shape index (κ2) is 7.29. The Kier molecular flexibility index (Phi) is 4.69. The fraction of sp³-hybridized carbons (Fsp3) is 0.136. The van der Waals surface area contributed by atoms with Crippen molar-refractivity contribution in [2.75, 3.05) is 12.4 Å². The minimum atomic E-state index is -0.243. The van der Waals surface area contributed by atoms with Crippen molar-refractivity contribution in [3.63, 3.8) is 0 Å². The lowest BCUT2D eigenvalue weighted by atomic mass is 9.93. The largest absolute Gasteiger partial charge is 0.508 e.